The molecule has 0 aliphatic heterocycles. The van der Waals surface area contributed by atoms with Crippen LogP contribution in [0.25, 0.3) is 22.3 Å². The lowest BCUT2D eigenvalue weighted by atomic mass is 10.2. The van der Waals surface area contributed by atoms with Crippen molar-refractivity contribution >= 4 is 11.0 Å². The molecule has 0 N–H and O–H groups in total. The summed E-state index contributed by atoms with van der Waals surface area (Å²) in [6, 6.07) is 15.6. The van der Waals surface area contributed by atoms with Gasteiger partial charge in [-0.05, 0) is 23.8 Å². The fraction of sp³-hybridized carbons (Fsp3) is 0.0556. The number of fused-ring (bicyclic) bond motifs is 1. The van der Waals surface area contributed by atoms with Gasteiger partial charge in [0.25, 0.3) is 5.56 Å². The topological polar surface area (TPSA) is 60.9 Å². The normalized spacial score (nSPS) is 11.0. The van der Waals surface area contributed by atoms with Crippen molar-refractivity contribution < 1.29 is 4.42 Å². The SMILES string of the molecule is O=c1ncn(Cc2ccccc2)c2ccc(-c3ccoc3)nc12. The summed E-state index contributed by atoms with van der Waals surface area (Å²) in [4.78, 5) is 20.5. The molecule has 23 heavy (non-hydrogen) atoms. The molecule has 4 aromatic rings. The van der Waals surface area contributed by atoms with E-state index in [2.05, 4.69) is 9.97 Å². The van der Waals surface area contributed by atoms with Crippen LogP contribution in [0, 0.1) is 0 Å². The molecular formula is C18H13N3O2. The summed E-state index contributed by atoms with van der Waals surface area (Å²) in [6.07, 6.45) is 4.75. The van der Waals surface area contributed by atoms with Crippen LogP contribution in [-0.4, -0.2) is 14.5 Å². The zero-order valence-electron chi connectivity index (χ0n) is 12.2. The van der Waals surface area contributed by atoms with Gasteiger partial charge in [-0.2, -0.15) is 4.98 Å². The van der Waals surface area contributed by atoms with Crippen LogP contribution in [0.2, 0.25) is 0 Å². The first kappa shape index (κ1) is 13.5. The Hall–Kier alpha value is -3.21. The maximum Gasteiger partial charge on any atom is 0.299 e. The molecule has 0 saturated heterocycles. The molecule has 3 heterocycles. The highest BCUT2D eigenvalue weighted by Gasteiger charge is 2.09. The number of rotatable bonds is 3. The van der Waals surface area contributed by atoms with Crippen LogP contribution < -0.4 is 5.56 Å². The van der Waals surface area contributed by atoms with Crippen LogP contribution in [0.5, 0.6) is 0 Å². The van der Waals surface area contributed by atoms with E-state index in [0.29, 0.717) is 17.8 Å². The van der Waals surface area contributed by atoms with Gasteiger partial charge in [-0.3, -0.25) is 4.79 Å². The van der Waals surface area contributed by atoms with Gasteiger partial charge < -0.3 is 8.98 Å². The van der Waals surface area contributed by atoms with Crippen LogP contribution >= 0.6 is 0 Å². The third kappa shape index (κ3) is 2.53. The standard InChI is InChI=1S/C18H13N3O2/c22-18-17-16(7-6-15(20-17)14-8-9-23-11-14)21(12-19-18)10-13-4-2-1-3-5-13/h1-9,11-12H,10H2. The minimum Gasteiger partial charge on any atom is -0.472 e. The van der Waals surface area contributed by atoms with Crippen LogP contribution in [0.3, 0.4) is 0 Å². The highest BCUT2D eigenvalue weighted by molar-refractivity contribution is 5.77. The Morgan fingerprint density at radius 2 is 1.91 bits per heavy atom. The van der Waals surface area contributed by atoms with Gasteiger partial charge in [0.1, 0.15) is 0 Å². The summed E-state index contributed by atoms with van der Waals surface area (Å²) in [6.45, 7) is 0.636. The van der Waals surface area contributed by atoms with Crippen LogP contribution in [0.15, 0.2) is 76.6 Å². The molecule has 0 aliphatic rings. The number of aromatic nitrogens is 3. The highest BCUT2D eigenvalue weighted by atomic mass is 16.3. The Morgan fingerprint density at radius 1 is 1.04 bits per heavy atom. The molecule has 3 aromatic heterocycles. The minimum atomic E-state index is -0.324. The summed E-state index contributed by atoms with van der Waals surface area (Å²) in [5.41, 5.74) is 3.48. The molecule has 0 saturated carbocycles. The van der Waals surface area contributed by atoms with E-state index in [0.717, 1.165) is 16.6 Å². The van der Waals surface area contributed by atoms with Gasteiger partial charge in [-0.25, -0.2) is 4.98 Å². The van der Waals surface area contributed by atoms with E-state index >= 15 is 0 Å². The Labute approximate surface area is 131 Å². The summed E-state index contributed by atoms with van der Waals surface area (Å²) < 4.78 is 7.00. The number of benzene rings is 1. The quantitative estimate of drug-likeness (QED) is 0.583. The molecule has 1 aromatic carbocycles. The zero-order valence-corrected chi connectivity index (χ0v) is 12.2. The molecule has 0 unspecified atom stereocenters. The average Bonchev–Trinajstić information content (AvgIpc) is 3.13. The second-order valence-corrected chi connectivity index (χ2v) is 5.24. The third-order valence-electron chi connectivity index (χ3n) is 3.71. The van der Waals surface area contributed by atoms with Crippen molar-refractivity contribution in [1.29, 1.82) is 0 Å². The molecule has 4 rings (SSSR count). The Kier molecular flexibility index (Phi) is 3.24. The van der Waals surface area contributed by atoms with E-state index in [4.69, 9.17) is 4.42 Å². The predicted molar refractivity (Wildman–Crippen MR) is 87.0 cm³/mol. The van der Waals surface area contributed by atoms with Crippen molar-refractivity contribution in [3.63, 3.8) is 0 Å². The Bertz CT molecular complexity index is 1010. The predicted octanol–water partition coefficient (Wildman–Crippen LogP) is 3.10. The molecule has 0 atom stereocenters. The Morgan fingerprint density at radius 3 is 2.70 bits per heavy atom. The fourth-order valence-electron chi connectivity index (χ4n) is 2.56. The molecule has 112 valence electrons. The molecule has 0 aliphatic carbocycles. The lowest BCUT2D eigenvalue weighted by Crippen LogP contribution is -2.14. The third-order valence-corrected chi connectivity index (χ3v) is 3.71. The van der Waals surface area contributed by atoms with E-state index in [1.165, 1.54) is 0 Å². The first-order valence-electron chi connectivity index (χ1n) is 7.24. The van der Waals surface area contributed by atoms with Crippen molar-refractivity contribution in [2.75, 3.05) is 0 Å². The van der Waals surface area contributed by atoms with Gasteiger partial charge in [0.05, 0.1) is 30.1 Å². The summed E-state index contributed by atoms with van der Waals surface area (Å²) >= 11 is 0. The van der Waals surface area contributed by atoms with E-state index < -0.39 is 0 Å². The number of furan rings is 1. The first-order chi connectivity index (χ1) is 11.3. The first-order valence-corrected chi connectivity index (χ1v) is 7.24. The van der Waals surface area contributed by atoms with Gasteiger partial charge in [0.2, 0.25) is 0 Å². The van der Waals surface area contributed by atoms with Crippen LogP contribution in [0.1, 0.15) is 5.56 Å². The maximum atomic E-state index is 12.1. The molecule has 5 nitrogen and oxygen atoms in total. The van der Waals surface area contributed by atoms with Gasteiger partial charge in [0.15, 0.2) is 5.52 Å². The van der Waals surface area contributed by atoms with E-state index in [-0.39, 0.29) is 5.56 Å². The fourth-order valence-corrected chi connectivity index (χ4v) is 2.56. The largest absolute Gasteiger partial charge is 0.472 e. The van der Waals surface area contributed by atoms with Crippen molar-refractivity contribution in [3.05, 3.63) is 83.3 Å². The lowest BCUT2D eigenvalue weighted by molar-refractivity contribution is 0.568. The average molecular weight is 303 g/mol. The molecule has 0 spiro atoms. The molecule has 5 heteroatoms. The minimum absolute atomic E-state index is 0.324. The van der Waals surface area contributed by atoms with E-state index in [1.54, 1.807) is 18.9 Å². The van der Waals surface area contributed by atoms with Gasteiger partial charge in [0, 0.05) is 12.1 Å². The van der Waals surface area contributed by atoms with Crippen molar-refractivity contribution in [2.24, 2.45) is 0 Å². The van der Waals surface area contributed by atoms with E-state index in [1.807, 2.05) is 53.1 Å². The monoisotopic (exact) mass is 303 g/mol. The van der Waals surface area contributed by atoms with E-state index in [9.17, 15) is 4.79 Å². The molecule has 0 amide bonds. The summed E-state index contributed by atoms with van der Waals surface area (Å²) in [5.74, 6) is 0. The smallest absolute Gasteiger partial charge is 0.299 e. The van der Waals surface area contributed by atoms with Crippen LogP contribution in [0.4, 0.5) is 0 Å². The number of nitrogens with zero attached hydrogens (tertiary/aromatic N) is 3. The second kappa shape index (κ2) is 5.53. The van der Waals surface area contributed by atoms with Gasteiger partial charge >= 0.3 is 0 Å². The number of hydrogen-bond acceptors (Lipinski definition) is 4. The van der Waals surface area contributed by atoms with Crippen molar-refractivity contribution in [2.45, 2.75) is 6.54 Å². The molecule has 0 bridgehead atoms. The summed E-state index contributed by atoms with van der Waals surface area (Å²) in [7, 11) is 0. The highest BCUT2D eigenvalue weighted by Crippen LogP contribution is 2.20. The lowest BCUT2D eigenvalue weighted by Gasteiger charge is -2.10. The van der Waals surface area contributed by atoms with Gasteiger partial charge in [-0.15, -0.1) is 0 Å². The second-order valence-electron chi connectivity index (χ2n) is 5.24. The van der Waals surface area contributed by atoms with Crippen LogP contribution in [-0.2, 0) is 6.54 Å². The van der Waals surface area contributed by atoms with Crippen molar-refractivity contribution in [3.8, 4) is 11.3 Å². The van der Waals surface area contributed by atoms with Gasteiger partial charge in [-0.1, -0.05) is 30.3 Å². The summed E-state index contributed by atoms with van der Waals surface area (Å²) in [5, 5.41) is 0. The number of hydrogen-bond donors (Lipinski definition) is 0. The Balaban J connectivity index is 1.84. The zero-order chi connectivity index (χ0) is 15.6. The maximum absolute atomic E-state index is 12.1. The number of pyridine rings is 1. The molecule has 0 radical (unpaired) electrons. The van der Waals surface area contributed by atoms with Crippen molar-refractivity contribution in [1.82, 2.24) is 14.5 Å². The molecular weight excluding hydrogens is 290 g/mol. The molecule has 0 fully saturated rings.